The van der Waals surface area contributed by atoms with E-state index < -0.39 is 0 Å². The first-order valence-electron chi connectivity index (χ1n) is 6.40. The maximum atomic E-state index is 5.10. The average Bonchev–Trinajstić information content (AvgIpc) is 3.19. The third-order valence-electron chi connectivity index (χ3n) is 3.32. The van der Waals surface area contributed by atoms with E-state index in [0.717, 1.165) is 23.3 Å². The van der Waals surface area contributed by atoms with Crippen LogP contribution < -0.4 is 0 Å². The summed E-state index contributed by atoms with van der Waals surface area (Å²) in [4.78, 5) is 4.63. The van der Waals surface area contributed by atoms with Gasteiger partial charge in [-0.1, -0.05) is 0 Å². The smallest absolute Gasteiger partial charge is 0.137 e. The Morgan fingerprint density at radius 3 is 2.90 bits per heavy atom. The van der Waals surface area contributed by atoms with E-state index in [-0.39, 0.29) is 0 Å². The molecule has 4 aromatic rings. The quantitative estimate of drug-likeness (QED) is 0.561. The van der Waals surface area contributed by atoms with Crippen molar-refractivity contribution >= 4 is 17.0 Å². The normalized spacial score (nSPS) is 11.2. The highest BCUT2D eigenvalue weighted by molar-refractivity contribution is 7.08. The van der Waals surface area contributed by atoms with Crippen LogP contribution in [0.3, 0.4) is 0 Å². The van der Waals surface area contributed by atoms with Gasteiger partial charge >= 0.3 is 0 Å². The zero-order chi connectivity index (χ0) is 13.4. The molecule has 98 valence electrons. The second kappa shape index (κ2) is 4.65. The summed E-state index contributed by atoms with van der Waals surface area (Å²) in [6.45, 7) is 0. The van der Waals surface area contributed by atoms with Crippen molar-refractivity contribution in [3.63, 3.8) is 0 Å². The number of hydrogen-bond acceptors (Lipinski definition) is 3. The van der Waals surface area contributed by atoms with Crippen LogP contribution in [0.15, 0.2) is 64.4 Å². The number of thiophene rings is 1. The lowest BCUT2D eigenvalue weighted by atomic mass is 10.1. The minimum Gasteiger partial charge on any atom is -0.472 e. The molecule has 0 amide bonds. The fraction of sp³-hybridized carbons (Fsp3) is 0.0625. The first kappa shape index (κ1) is 11.5. The van der Waals surface area contributed by atoms with Crippen molar-refractivity contribution in [1.29, 1.82) is 0 Å². The van der Waals surface area contributed by atoms with Gasteiger partial charge in [-0.15, -0.1) is 0 Å². The number of pyridine rings is 1. The van der Waals surface area contributed by atoms with Crippen molar-refractivity contribution in [2.24, 2.45) is 0 Å². The van der Waals surface area contributed by atoms with Crippen molar-refractivity contribution in [3.05, 3.63) is 71.2 Å². The largest absolute Gasteiger partial charge is 0.472 e. The Balaban J connectivity index is 1.72. The van der Waals surface area contributed by atoms with Gasteiger partial charge in [0.2, 0.25) is 0 Å². The van der Waals surface area contributed by atoms with Crippen LogP contribution in [0.5, 0.6) is 0 Å². The molecule has 0 atom stereocenters. The zero-order valence-corrected chi connectivity index (χ0v) is 11.5. The van der Waals surface area contributed by atoms with Gasteiger partial charge in [-0.2, -0.15) is 11.3 Å². The Morgan fingerprint density at radius 1 is 1.10 bits per heavy atom. The standard InChI is InChI=1S/C16H12N2OS/c1-2-16-17-15(7-12-3-5-19-10-12)9-18(16)8-13(1)14-4-6-20-11-14/h1-6,8-11H,7H2. The summed E-state index contributed by atoms with van der Waals surface area (Å²) in [6, 6.07) is 8.29. The fourth-order valence-corrected chi connectivity index (χ4v) is 3.00. The van der Waals surface area contributed by atoms with Gasteiger partial charge in [0.25, 0.3) is 0 Å². The van der Waals surface area contributed by atoms with Crippen LogP contribution in [-0.4, -0.2) is 9.38 Å². The van der Waals surface area contributed by atoms with E-state index in [0.29, 0.717) is 0 Å². The summed E-state index contributed by atoms with van der Waals surface area (Å²) >= 11 is 1.71. The van der Waals surface area contributed by atoms with Crippen molar-refractivity contribution in [3.8, 4) is 11.1 Å². The maximum absolute atomic E-state index is 5.10. The molecule has 4 aromatic heterocycles. The molecule has 0 aliphatic carbocycles. The summed E-state index contributed by atoms with van der Waals surface area (Å²) in [5.41, 5.74) is 5.64. The zero-order valence-electron chi connectivity index (χ0n) is 10.7. The van der Waals surface area contributed by atoms with Crippen molar-refractivity contribution in [2.45, 2.75) is 6.42 Å². The number of hydrogen-bond donors (Lipinski definition) is 0. The van der Waals surface area contributed by atoms with Crippen LogP contribution in [0.25, 0.3) is 16.8 Å². The predicted molar refractivity (Wildman–Crippen MR) is 80.0 cm³/mol. The van der Waals surface area contributed by atoms with Gasteiger partial charge in [0, 0.05) is 18.8 Å². The lowest BCUT2D eigenvalue weighted by molar-refractivity contribution is 0.564. The minimum atomic E-state index is 0.798. The Morgan fingerprint density at radius 2 is 2.10 bits per heavy atom. The predicted octanol–water partition coefficient (Wildman–Crippen LogP) is 4.25. The van der Waals surface area contributed by atoms with E-state index in [1.807, 2.05) is 6.07 Å². The van der Waals surface area contributed by atoms with Gasteiger partial charge in [-0.05, 0) is 51.7 Å². The van der Waals surface area contributed by atoms with Gasteiger partial charge < -0.3 is 8.82 Å². The van der Waals surface area contributed by atoms with Crippen molar-refractivity contribution in [2.75, 3.05) is 0 Å². The molecule has 0 aromatic carbocycles. The Bertz CT molecular complexity index is 829. The van der Waals surface area contributed by atoms with Crippen LogP contribution >= 0.6 is 11.3 Å². The molecule has 0 radical (unpaired) electrons. The molecule has 0 bridgehead atoms. The van der Waals surface area contributed by atoms with E-state index in [4.69, 9.17) is 4.42 Å². The molecule has 0 spiro atoms. The van der Waals surface area contributed by atoms with Crippen LogP contribution in [-0.2, 0) is 6.42 Å². The first-order chi connectivity index (χ1) is 9.88. The van der Waals surface area contributed by atoms with Gasteiger partial charge in [-0.25, -0.2) is 4.98 Å². The van der Waals surface area contributed by atoms with E-state index >= 15 is 0 Å². The third-order valence-corrected chi connectivity index (χ3v) is 4.00. The molecule has 4 heterocycles. The number of furan rings is 1. The van der Waals surface area contributed by atoms with Gasteiger partial charge in [0.1, 0.15) is 5.65 Å². The summed E-state index contributed by atoms with van der Waals surface area (Å²) in [5, 5.41) is 4.25. The number of fused-ring (bicyclic) bond motifs is 1. The summed E-state index contributed by atoms with van der Waals surface area (Å²) in [6.07, 6.45) is 8.47. The van der Waals surface area contributed by atoms with Crippen molar-refractivity contribution in [1.82, 2.24) is 9.38 Å². The molecule has 0 aliphatic heterocycles. The molecule has 0 unspecified atom stereocenters. The Kier molecular flexibility index (Phi) is 2.67. The van der Waals surface area contributed by atoms with Crippen molar-refractivity contribution < 1.29 is 4.42 Å². The lowest BCUT2D eigenvalue weighted by Crippen LogP contribution is -1.84. The van der Waals surface area contributed by atoms with Gasteiger partial charge in [0.15, 0.2) is 0 Å². The summed E-state index contributed by atoms with van der Waals surface area (Å²) in [5.74, 6) is 0. The highest BCUT2D eigenvalue weighted by Gasteiger charge is 2.05. The molecule has 0 fully saturated rings. The maximum Gasteiger partial charge on any atom is 0.137 e. The van der Waals surface area contributed by atoms with Crippen LogP contribution in [0.4, 0.5) is 0 Å². The summed E-state index contributed by atoms with van der Waals surface area (Å²) < 4.78 is 7.18. The van der Waals surface area contributed by atoms with Gasteiger partial charge in [-0.3, -0.25) is 0 Å². The number of rotatable bonds is 3. The molecule has 0 N–H and O–H groups in total. The highest BCUT2D eigenvalue weighted by atomic mass is 32.1. The minimum absolute atomic E-state index is 0.798. The van der Waals surface area contributed by atoms with Crippen LogP contribution in [0.1, 0.15) is 11.3 Å². The molecule has 3 nitrogen and oxygen atoms in total. The summed E-state index contributed by atoms with van der Waals surface area (Å²) in [7, 11) is 0. The third kappa shape index (κ3) is 2.04. The van der Waals surface area contributed by atoms with E-state index in [1.54, 1.807) is 23.9 Å². The van der Waals surface area contributed by atoms with E-state index in [1.165, 1.54) is 11.1 Å². The molecule has 0 aliphatic rings. The number of aromatic nitrogens is 2. The fourth-order valence-electron chi connectivity index (χ4n) is 2.33. The molecule has 4 heteroatoms. The van der Waals surface area contributed by atoms with Crippen LogP contribution in [0, 0.1) is 0 Å². The number of nitrogens with zero attached hydrogens (tertiary/aromatic N) is 2. The molecular formula is C16H12N2OS. The van der Waals surface area contributed by atoms with E-state index in [9.17, 15) is 0 Å². The molecule has 0 saturated heterocycles. The lowest BCUT2D eigenvalue weighted by Gasteiger charge is -1.98. The molecule has 20 heavy (non-hydrogen) atoms. The highest BCUT2D eigenvalue weighted by Crippen LogP contribution is 2.23. The van der Waals surface area contributed by atoms with Gasteiger partial charge in [0.05, 0.1) is 18.2 Å². The Hall–Kier alpha value is -2.33. The monoisotopic (exact) mass is 280 g/mol. The Labute approximate surface area is 120 Å². The molecule has 0 saturated carbocycles. The number of imidazole rings is 1. The SMILES string of the molecule is c1cc(Cc2cn3cc(-c4ccsc4)ccc3n2)co1. The second-order valence-electron chi connectivity index (χ2n) is 4.74. The molecular weight excluding hydrogens is 268 g/mol. The molecule has 4 rings (SSSR count). The van der Waals surface area contributed by atoms with E-state index in [2.05, 4.69) is 50.7 Å². The topological polar surface area (TPSA) is 30.4 Å². The first-order valence-corrected chi connectivity index (χ1v) is 7.34. The average molecular weight is 280 g/mol. The van der Waals surface area contributed by atoms with Crippen LogP contribution in [0.2, 0.25) is 0 Å². The second-order valence-corrected chi connectivity index (χ2v) is 5.52.